The lowest BCUT2D eigenvalue weighted by atomic mass is 10.0. The van der Waals surface area contributed by atoms with Gasteiger partial charge in [0, 0.05) is 18.6 Å². The Kier molecular flexibility index (Phi) is 2.30. The maximum atomic E-state index is 4.66. The third kappa shape index (κ3) is 1.76. The van der Waals surface area contributed by atoms with E-state index in [4.69, 9.17) is 0 Å². The first-order valence-corrected chi connectivity index (χ1v) is 5.60. The first kappa shape index (κ1) is 9.34. The average molecular weight is 207 g/mol. The molecule has 0 aromatic heterocycles. The molecule has 0 saturated carbocycles. The van der Waals surface area contributed by atoms with Crippen LogP contribution in [0.5, 0.6) is 0 Å². The van der Waals surface area contributed by atoms with Crippen molar-refractivity contribution in [3.63, 3.8) is 0 Å². The van der Waals surface area contributed by atoms with E-state index in [9.17, 15) is 0 Å². The van der Waals surface area contributed by atoms with Crippen LogP contribution in [0.2, 0.25) is 0 Å². The van der Waals surface area contributed by atoms with E-state index in [0.717, 1.165) is 18.5 Å². The summed E-state index contributed by atoms with van der Waals surface area (Å²) in [6.07, 6.45) is 1.97. The van der Waals surface area contributed by atoms with E-state index in [1.807, 2.05) is 6.07 Å². The molecular weight excluding hydrogens is 194 g/mol. The van der Waals surface area contributed by atoms with Crippen molar-refractivity contribution in [3.8, 4) is 0 Å². The molecule has 0 N–H and O–H groups in total. The zero-order valence-corrected chi connectivity index (χ0v) is 9.06. The third-order valence-corrected chi connectivity index (χ3v) is 2.92. The van der Waals surface area contributed by atoms with Crippen molar-refractivity contribution >= 4 is 11.4 Å². The van der Waals surface area contributed by atoms with Gasteiger partial charge in [-0.2, -0.15) is 0 Å². The fraction of sp³-hybridized carbons (Fsp3) is 0.133. The summed E-state index contributed by atoms with van der Waals surface area (Å²) in [5.74, 6) is 0. The van der Waals surface area contributed by atoms with Crippen LogP contribution in [0.15, 0.2) is 59.6 Å². The molecule has 16 heavy (non-hydrogen) atoms. The molecule has 1 aliphatic rings. The molecule has 0 aliphatic carbocycles. The molecule has 0 unspecified atom stereocenters. The van der Waals surface area contributed by atoms with E-state index in [-0.39, 0.29) is 0 Å². The lowest BCUT2D eigenvalue weighted by Crippen LogP contribution is -2.02. The first-order chi connectivity index (χ1) is 7.92. The molecule has 1 nitrogen and oxygen atoms in total. The van der Waals surface area contributed by atoms with Crippen LogP contribution >= 0.6 is 0 Å². The molecule has 0 fully saturated rings. The minimum Gasteiger partial charge on any atom is -0.257 e. The summed E-state index contributed by atoms with van der Waals surface area (Å²) in [5, 5.41) is 0. The summed E-state index contributed by atoms with van der Waals surface area (Å²) < 4.78 is 0. The summed E-state index contributed by atoms with van der Waals surface area (Å²) in [5.41, 5.74) is 5.11. The maximum absolute atomic E-state index is 4.66. The van der Waals surface area contributed by atoms with Gasteiger partial charge in [-0.05, 0) is 17.2 Å². The molecule has 0 bridgehead atoms. The van der Waals surface area contributed by atoms with E-state index in [2.05, 4.69) is 53.5 Å². The highest BCUT2D eigenvalue weighted by Crippen LogP contribution is 2.26. The molecule has 78 valence electrons. The summed E-state index contributed by atoms with van der Waals surface area (Å²) in [6, 6.07) is 18.9. The van der Waals surface area contributed by atoms with Crippen LogP contribution in [-0.4, -0.2) is 5.71 Å². The highest BCUT2D eigenvalue weighted by Gasteiger charge is 2.13. The Morgan fingerprint density at radius 3 is 2.44 bits per heavy atom. The molecule has 0 radical (unpaired) electrons. The molecule has 3 rings (SSSR count). The van der Waals surface area contributed by atoms with Crippen molar-refractivity contribution in [1.82, 2.24) is 0 Å². The number of fused-ring (bicyclic) bond motifs is 1. The predicted octanol–water partition coefficient (Wildman–Crippen LogP) is 3.56. The first-order valence-electron chi connectivity index (χ1n) is 5.60. The van der Waals surface area contributed by atoms with Gasteiger partial charge < -0.3 is 0 Å². The van der Waals surface area contributed by atoms with E-state index in [1.54, 1.807) is 0 Å². The van der Waals surface area contributed by atoms with Crippen LogP contribution in [0.1, 0.15) is 11.1 Å². The zero-order valence-electron chi connectivity index (χ0n) is 9.06. The Morgan fingerprint density at radius 2 is 1.62 bits per heavy atom. The van der Waals surface area contributed by atoms with Gasteiger partial charge in [0.1, 0.15) is 0 Å². The van der Waals surface area contributed by atoms with Gasteiger partial charge in [0.05, 0.1) is 5.69 Å². The van der Waals surface area contributed by atoms with Crippen LogP contribution in [0, 0.1) is 0 Å². The molecule has 1 heteroatoms. The molecule has 0 atom stereocenters. The summed E-state index contributed by atoms with van der Waals surface area (Å²) >= 11 is 0. The maximum Gasteiger partial charge on any atom is 0.0665 e. The standard InChI is InChI=1S/C15H13N/c1-2-6-12(7-3-1)10-14-11-13-8-4-5-9-15(13)16-14/h1-9H,10-11H2. The number of rotatable bonds is 2. The molecule has 0 saturated heterocycles. The van der Waals surface area contributed by atoms with Gasteiger partial charge in [-0.15, -0.1) is 0 Å². The number of aliphatic imine (C=N–C) groups is 1. The lowest BCUT2D eigenvalue weighted by Gasteiger charge is -1.99. The molecule has 1 aliphatic heterocycles. The SMILES string of the molecule is c1ccc(CC2=Nc3ccccc3C2)cc1. The largest absolute Gasteiger partial charge is 0.257 e. The van der Waals surface area contributed by atoms with Gasteiger partial charge in [0.25, 0.3) is 0 Å². The lowest BCUT2D eigenvalue weighted by molar-refractivity contribution is 1.26. The monoisotopic (exact) mass is 207 g/mol. The van der Waals surface area contributed by atoms with E-state index in [1.165, 1.54) is 16.8 Å². The number of benzene rings is 2. The number of nitrogens with zero attached hydrogens (tertiary/aromatic N) is 1. The van der Waals surface area contributed by atoms with Gasteiger partial charge in [0.2, 0.25) is 0 Å². The Morgan fingerprint density at radius 1 is 0.875 bits per heavy atom. The zero-order chi connectivity index (χ0) is 10.8. The predicted molar refractivity (Wildman–Crippen MR) is 67.4 cm³/mol. The van der Waals surface area contributed by atoms with E-state index >= 15 is 0 Å². The fourth-order valence-electron chi connectivity index (χ4n) is 2.13. The Balaban J connectivity index is 1.81. The van der Waals surface area contributed by atoms with Crippen molar-refractivity contribution in [1.29, 1.82) is 0 Å². The fourth-order valence-corrected chi connectivity index (χ4v) is 2.13. The number of hydrogen-bond acceptors (Lipinski definition) is 1. The van der Waals surface area contributed by atoms with Gasteiger partial charge in [-0.1, -0.05) is 48.5 Å². The molecule has 1 heterocycles. The second kappa shape index (κ2) is 3.93. The van der Waals surface area contributed by atoms with Gasteiger partial charge in [-0.3, -0.25) is 4.99 Å². The Hall–Kier alpha value is -1.89. The summed E-state index contributed by atoms with van der Waals surface area (Å²) in [7, 11) is 0. The number of para-hydroxylation sites is 1. The minimum absolute atomic E-state index is 0.968. The molecule has 2 aromatic carbocycles. The second-order valence-electron chi connectivity index (χ2n) is 4.15. The van der Waals surface area contributed by atoms with Crippen molar-refractivity contribution in [3.05, 3.63) is 65.7 Å². The molecule has 2 aromatic rings. The highest BCUT2D eigenvalue weighted by molar-refractivity contribution is 5.95. The van der Waals surface area contributed by atoms with Gasteiger partial charge >= 0.3 is 0 Å². The summed E-state index contributed by atoms with van der Waals surface area (Å²) in [6.45, 7) is 0. The van der Waals surface area contributed by atoms with Gasteiger partial charge in [0.15, 0.2) is 0 Å². The van der Waals surface area contributed by atoms with Crippen molar-refractivity contribution in [2.24, 2.45) is 4.99 Å². The van der Waals surface area contributed by atoms with Crippen LogP contribution in [-0.2, 0) is 12.8 Å². The van der Waals surface area contributed by atoms with Crippen LogP contribution in [0.3, 0.4) is 0 Å². The third-order valence-electron chi connectivity index (χ3n) is 2.92. The Labute approximate surface area is 95.5 Å². The van der Waals surface area contributed by atoms with Crippen molar-refractivity contribution in [2.75, 3.05) is 0 Å². The van der Waals surface area contributed by atoms with Crippen LogP contribution in [0.4, 0.5) is 5.69 Å². The summed E-state index contributed by atoms with van der Waals surface area (Å²) in [4.78, 5) is 4.66. The highest BCUT2D eigenvalue weighted by atomic mass is 14.8. The Bertz CT molecular complexity index is 526. The van der Waals surface area contributed by atoms with Crippen molar-refractivity contribution in [2.45, 2.75) is 12.8 Å². The quantitative estimate of drug-likeness (QED) is 0.714. The van der Waals surface area contributed by atoms with Crippen LogP contribution in [0.25, 0.3) is 0 Å². The normalized spacial score (nSPS) is 13.4. The van der Waals surface area contributed by atoms with E-state index in [0.29, 0.717) is 0 Å². The van der Waals surface area contributed by atoms with E-state index < -0.39 is 0 Å². The van der Waals surface area contributed by atoms with Crippen LogP contribution < -0.4 is 0 Å². The molecule has 0 spiro atoms. The average Bonchev–Trinajstić information content (AvgIpc) is 2.72. The smallest absolute Gasteiger partial charge is 0.0665 e. The second-order valence-corrected chi connectivity index (χ2v) is 4.15. The minimum atomic E-state index is 0.968. The molecular formula is C15H13N. The number of hydrogen-bond donors (Lipinski definition) is 0. The van der Waals surface area contributed by atoms with Crippen molar-refractivity contribution < 1.29 is 0 Å². The topological polar surface area (TPSA) is 12.4 Å². The molecule has 0 amide bonds. The van der Waals surface area contributed by atoms with Gasteiger partial charge in [-0.25, -0.2) is 0 Å².